The number of nitrogens with zero attached hydrogens (tertiary/aromatic N) is 3. The molecule has 1 aromatic carbocycles. The largest absolute Gasteiger partial charge is 0.355 e. The predicted molar refractivity (Wildman–Crippen MR) is 112 cm³/mol. The Hall–Kier alpha value is -2.93. The van der Waals surface area contributed by atoms with E-state index in [1.807, 2.05) is 6.07 Å². The summed E-state index contributed by atoms with van der Waals surface area (Å²) >= 11 is 6.20. The van der Waals surface area contributed by atoms with Crippen molar-refractivity contribution in [3.05, 3.63) is 57.9 Å². The maximum Gasteiger partial charge on any atom is 0.259 e. The summed E-state index contributed by atoms with van der Waals surface area (Å²) in [4.78, 5) is 31.9. The molecular weight excluding hydrogens is 404 g/mol. The summed E-state index contributed by atoms with van der Waals surface area (Å²) in [6.45, 7) is 1.08. The molecule has 1 N–H and O–H groups in total. The number of rotatable bonds is 4. The molecule has 1 atom stereocenters. The Kier molecular flexibility index (Phi) is 4.70. The molecule has 2 aliphatic rings. The Labute approximate surface area is 178 Å². The van der Waals surface area contributed by atoms with Crippen molar-refractivity contribution >= 4 is 34.5 Å². The molecule has 3 heterocycles. The van der Waals surface area contributed by atoms with Gasteiger partial charge >= 0.3 is 0 Å². The standard InChI is InChI=1S/C22H21ClN4O3/c1-24-20(28)15-10-17(12-6-7-12)25-21-18(15)19(26-30-21)13-8-9-27(11-13)22(29)14-4-2-3-5-16(14)23/h2-5,10,12-13H,6-9,11H2,1H3,(H,24,28). The lowest BCUT2D eigenvalue weighted by molar-refractivity contribution is 0.0790. The van der Waals surface area contributed by atoms with Crippen molar-refractivity contribution in [2.45, 2.75) is 31.1 Å². The van der Waals surface area contributed by atoms with Crippen LogP contribution >= 0.6 is 11.6 Å². The number of pyridine rings is 1. The second kappa shape index (κ2) is 7.40. The molecule has 2 amide bonds. The molecule has 0 bridgehead atoms. The van der Waals surface area contributed by atoms with E-state index in [0.717, 1.165) is 25.0 Å². The van der Waals surface area contributed by atoms with Gasteiger partial charge in [0.25, 0.3) is 17.5 Å². The number of amides is 2. The van der Waals surface area contributed by atoms with E-state index in [-0.39, 0.29) is 17.7 Å². The number of nitrogens with one attached hydrogen (secondary N) is 1. The first-order valence-corrected chi connectivity index (χ1v) is 10.5. The van der Waals surface area contributed by atoms with Gasteiger partial charge in [-0.3, -0.25) is 9.59 Å². The zero-order valence-corrected chi connectivity index (χ0v) is 17.3. The summed E-state index contributed by atoms with van der Waals surface area (Å²) < 4.78 is 5.55. The van der Waals surface area contributed by atoms with Crippen LogP contribution in [0.15, 0.2) is 34.9 Å². The number of carbonyl (C=O) groups is 2. The van der Waals surface area contributed by atoms with Gasteiger partial charge in [0.15, 0.2) is 0 Å². The minimum absolute atomic E-state index is 0.0327. The zero-order chi connectivity index (χ0) is 20.8. The van der Waals surface area contributed by atoms with Gasteiger partial charge in [-0.1, -0.05) is 28.9 Å². The van der Waals surface area contributed by atoms with E-state index in [1.165, 1.54) is 0 Å². The van der Waals surface area contributed by atoms with Crippen LogP contribution < -0.4 is 5.32 Å². The average Bonchev–Trinajstić information content (AvgIpc) is 3.34. The van der Waals surface area contributed by atoms with E-state index in [4.69, 9.17) is 16.1 Å². The third kappa shape index (κ3) is 3.23. The lowest BCUT2D eigenvalue weighted by Gasteiger charge is -2.17. The van der Waals surface area contributed by atoms with Gasteiger partial charge in [0, 0.05) is 37.7 Å². The Morgan fingerprint density at radius 3 is 2.70 bits per heavy atom. The fourth-order valence-electron chi connectivity index (χ4n) is 4.15. The molecule has 1 aliphatic carbocycles. The second-order valence-electron chi connectivity index (χ2n) is 7.91. The minimum atomic E-state index is -0.184. The fraction of sp³-hybridized carbons (Fsp3) is 0.364. The molecule has 8 heteroatoms. The highest BCUT2D eigenvalue weighted by Crippen LogP contribution is 2.41. The Balaban J connectivity index is 1.47. The summed E-state index contributed by atoms with van der Waals surface area (Å²) in [5, 5.41) is 8.08. The van der Waals surface area contributed by atoms with Gasteiger partial charge in [0.1, 0.15) is 0 Å². The summed E-state index contributed by atoms with van der Waals surface area (Å²) in [5.74, 6) is 0.0727. The first-order valence-electron chi connectivity index (χ1n) is 10.1. The zero-order valence-electron chi connectivity index (χ0n) is 16.5. The van der Waals surface area contributed by atoms with E-state index in [0.29, 0.717) is 52.0 Å². The highest BCUT2D eigenvalue weighted by molar-refractivity contribution is 6.33. The van der Waals surface area contributed by atoms with Crippen LogP contribution in [0.5, 0.6) is 0 Å². The Morgan fingerprint density at radius 1 is 1.17 bits per heavy atom. The third-order valence-electron chi connectivity index (χ3n) is 5.93. The summed E-state index contributed by atoms with van der Waals surface area (Å²) in [7, 11) is 1.61. The Bertz CT molecular complexity index is 1150. The lowest BCUT2D eigenvalue weighted by atomic mass is 9.98. The van der Waals surface area contributed by atoms with Crippen molar-refractivity contribution in [1.82, 2.24) is 20.4 Å². The normalized spacial score (nSPS) is 18.7. The number of hydrogen-bond acceptors (Lipinski definition) is 5. The van der Waals surface area contributed by atoms with Gasteiger partial charge < -0.3 is 14.7 Å². The molecule has 7 nitrogen and oxygen atoms in total. The molecule has 2 aromatic heterocycles. The molecule has 1 saturated carbocycles. The van der Waals surface area contributed by atoms with Gasteiger partial charge in [-0.15, -0.1) is 0 Å². The summed E-state index contributed by atoms with van der Waals surface area (Å²) in [6, 6.07) is 8.91. The summed E-state index contributed by atoms with van der Waals surface area (Å²) in [6.07, 6.45) is 2.89. The second-order valence-corrected chi connectivity index (χ2v) is 8.32. The molecule has 1 aliphatic heterocycles. The number of benzene rings is 1. The molecule has 1 saturated heterocycles. The van der Waals surface area contributed by atoms with Gasteiger partial charge in [-0.25, -0.2) is 4.98 Å². The highest BCUT2D eigenvalue weighted by atomic mass is 35.5. The van der Waals surface area contributed by atoms with Crippen molar-refractivity contribution in [3.63, 3.8) is 0 Å². The van der Waals surface area contributed by atoms with Crippen molar-refractivity contribution < 1.29 is 14.1 Å². The van der Waals surface area contributed by atoms with Gasteiger partial charge in [0.2, 0.25) is 0 Å². The van der Waals surface area contributed by atoms with Crippen LogP contribution in [0.3, 0.4) is 0 Å². The molecule has 154 valence electrons. The molecule has 3 aromatic rings. The van der Waals surface area contributed by atoms with Crippen molar-refractivity contribution in [3.8, 4) is 0 Å². The van der Waals surface area contributed by atoms with Crippen LogP contribution in [-0.2, 0) is 0 Å². The first kappa shape index (κ1) is 19.1. The molecule has 0 spiro atoms. The maximum absolute atomic E-state index is 12.9. The summed E-state index contributed by atoms with van der Waals surface area (Å²) in [5.41, 5.74) is 2.99. The number of likely N-dealkylation sites (tertiary alicyclic amines) is 1. The Morgan fingerprint density at radius 2 is 1.97 bits per heavy atom. The van der Waals surface area contributed by atoms with Gasteiger partial charge in [-0.05, 0) is 37.5 Å². The van der Waals surface area contributed by atoms with Crippen molar-refractivity contribution in [1.29, 1.82) is 0 Å². The predicted octanol–water partition coefficient (Wildman–Crippen LogP) is 3.74. The van der Waals surface area contributed by atoms with Crippen molar-refractivity contribution in [2.24, 2.45) is 0 Å². The van der Waals surface area contributed by atoms with Gasteiger partial charge in [0.05, 0.1) is 27.2 Å². The quantitative estimate of drug-likeness (QED) is 0.689. The average molecular weight is 425 g/mol. The molecule has 5 rings (SSSR count). The maximum atomic E-state index is 12.9. The van der Waals surface area contributed by atoms with Crippen LogP contribution in [0.2, 0.25) is 5.02 Å². The van der Waals surface area contributed by atoms with Crippen LogP contribution in [0.1, 0.15) is 63.2 Å². The number of hydrogen-bond donors (Lipinski definition) is 1. The van der Waals surface area contributed by atoms with E-state index in [2.05, 4.69) is 15.5 Å². The molecule has 2 fully saturated rings. The van der Waals surface area contributed by atoms with Crippen molar-refractivity contribution in [2.75, 3.05) is 20.1 Å². The monoisotopic (exact) mass is 424 g/mol. The molecule has 30 heavy (non-hydrogen) atoms. The van der Waals surface area contributed by atoms with E-state index >= 15 is 0 Å². The third-order valence-corrected chi connectivity index (χ3v) is 6.26. The van der Waals surface area contributed by atoms with Crippen LogP contribution in [-0.4, -0.2) is 47.0 Å². The van der Waals surface area contributed by atoms with E-state index in [1.54, 1.807) is 36.2 Å². The van der Waals surface area contributed by atoms with Crippen LogP contribution in [0.25, 0.3) is 11.1 Å². The van der Waals surface area contributed by atoms with E-state index in [9.17, 15) is 9.59 Å². The molecule has 1 unspecified atom stereocenters. The van der Waals surface area contributed by atoms with Gasteiger partial charge in [-0.2, -0.15) is 0 Å². The number of fused-ring (bicyclic) bond motifs is 1. The first-order chi connectivity index (χ1) is 14.6. The highest BCUT2D eigenvalue weighted by Gasteiger charge is 2.34. The number of aromatic nitrogens is 2. The number of halogens is 1. The van der Waals surface area contributed by atoms with Crippen LogP contribution in [0, 0.1) is 0 Å². The topological polar surface area (TPSA) is 88.3 Å². The lowest BCUT2D eigenvalue weighted by Crippen LogP contribution is -2.28. The molecular formula is C22H21ClN4O3. The fourth-order valence-corrected chi connectivity index (χ4v) is 4.36. The van der Waals surface area contributed by atoms with Crippen LogP contribution in [0.4, 0.5) is 0 Å². The number of carbonyl (C=O) groups excluding carboxylic acids is 2. The van der Waals surface area contributed by atoms with E-state index < -0.39 is 0 Å². The SMILES string of the molecule is CNC(=O)c1cc(C2CC2)nc2onc(C3CCN(C(=O)c4ccccc4Cl)C3)c12. The minimum Gasteiger partial charge on any atom is -0.355 e. The smallest absolute Gasteiger partial charge is 0.259 e. The molecule has 0 radical (unpaired) electrons.